The maximum atomic E-state index is 11.8. The second kappa shape index (κ2) is 7.64. The number of nitrogens with one attached hydrogen (secondary N) is 1. The molecule has 7 nitrogen and oxygen atoms in total. The van der Waals surface area contributed by atoms with E-state index in [-0.39, 0.29) is 5.75 Å². The molecule has 0 saturated heterocycles. The molecule has 3 aromatic rings. The molecule has 8 heteroatoms. The van der Waals surface area contributed by atoms with Crippen molar-refractivity contribution in [3.8, 4) is 0 Å². The first-order valence-corrected chi connectivity index (χ1v) is 11.0. The predicted molar refractivity (Wildman–Crippen MR) is 116 cm³/mol. The maximum absolute atomic E-state index is 11.8. The normalized spacial score (nSPS) is 16.8. The Bertz CT molecular complexity index is 1090. The first-order chi connectivity index (χ1) is 13.9. The molecule has 0 atom stereocenters. The SMILES string of the molecule is Cc1ccc2nc(N3CCS(O)(O)c4ccccc4C3)cc(NC(=O)CO)c2c1. The van der Waals surface area contributed by atoms with Gasteiger partial charge in [0.2, 0.25) is 5.91 Å². The van der Waals surface area contributed by atoms with Crippen LogP contribution in [0.1, 0.15) is 11.1 Å². The van der Waals surface area contributed by atoms with Crippen molar-refractivity contribution in [1.29, 1.82) is 0 Å². The molecule has 0 fully saturated rings. The van der Waals surface area contributed by atoms with E-state index in [1.54, 1.807) is 12.1 Å². The van der Waals surface area contributed by atoms with Gasteiger partial charge in [0.1, 0.15) is 12.4 Å². The number of carbonyl (C=O) groups is 1. The molecule has 1 aliphatic rings. The van der Waals surface area contributed by atoms with Gasteiger partial charge in [-0.2, -0.15) is 10.6 Å². The van der Waals surface area contributed by atoms with E-state index in [1.807, 2.05) is 48.2 Å². The number of aromatic nitrogens is 1. The van der Waals surface area contributed by atoms with E-state index in [9.17, 15) is 13.9 Å². The van der Waals surface area contributed by atoms with E-state index in [0.29, 0.717) is 35.0 Å². The van der Waals surface area contributed by atoms with E-state index in [4.69, 9.17) is 10.1 Å². The molecular formula is C21H23N3O4S. The lowest BCUT2D eigenvalue weighted by Gasteiger charge is -2.32. The Morgan fingerprint density at radius 2 is 2.00 bits per heavy atom. The highest BCUT2D eigenvalue weighted by Gasteiger charge is 2.26. The summed E-state index contributed by atoms with van der Waals surface area (Å²) in [6, 6.07) is 14.9. The number of aryl methyl sites for hydroxylation is 1. The fourth-order valence-electron chi connectivity index (χ4n) is 3.56. The standard InChI is InChI=1S/C21H23N3O4S/c1-14-6-7-17-16(10-14)18(23-21(26)13-25)11-20(22-17)24-8-9-29(27,28)19-5-3-2-4-15(19)12-24/h2-7,10-11,25,27-28H,8-9,12-13H2,1H3,(H,22,23,26). The molecule has 0 unspecified atom stereocenters. The molecule has 0 spiro atoms. The number of aliphatic hydroxyl groups excluding tert-OH is 1. The van der Waals surface area contributed by atoms with Gasteiger partial charge in [-0.05, 0) is 30.7 Å². The lowest BCUT2D eigenvalue weighted by atomic mass is 10.1. The average Bonchev–Trinajstić information content (AvgIpc) is 2.84. The summed E-state index contributed by atoms with van der Waals surface area (Å²) < 4.78 is 21.2. The van der Waals surface area contributed by atoms with Crippen LogP contribution in [0.5, 0.6) is 0 Å². The molecule has 2 aromatic carbocycles. The number of aliphatic hydroxyl groups is 1. The summed E-state index contributed by atoms with van der Waals surface area (Å²) in [5.74, 6) is 0.331. The van der Waals surface area contributed by atoms with Crippen LogP contribution in [0.2, 0.25) is 0 Å². The summed E-state index contributed by atoms with van der Waals surface area (Å²) in [5.41, 5.74) is 3.16. The van der Waals surface area contributed by atoms with Crippen molar-refractivity contribution in [2.24, 2.45) is 0 Å². The van der Waals surface area contributed by atoms with Gasteiger partial charge >= 0.3 is 0 Å². The Hall–Kier alpha value is -2.65. The lowest BCUT2D eigenvalue weighted by molar-refractivity contribution is -0.118. The van der Waals surface area contributed by atoms with E-state index in [1.165, 1.54) is 0 Å². The molecule has 0 bridgehead atoms. The van der Waals surface area contributed by atoms with Crippen molar-refractivity contribution in [2.45, 2.75) is 18.4 Å². The van der Waals surface area contributed by atoms with E-state index in [0.717, 1.165) is 16.5 Å². The fourth-order valence-corrected chi connectivity index (χ4v) is 5.11. The number of anilines is 2. The highest BCUT2D eigenvalue weighted by Crippen LogP contribution is 2.51. The van der Waals surface area contributed by atoms with Gasteiger partial charge in [0.05, 0.1) is 21.9 Å². The van der Waals surface area contributed by atoms with Crippen molar-refractivity contribution in [1.82, 2.24) is 4.98 Å². The van der Waals surface area contributed by atoms with Crippen molar-refractivity contribution < 1.29 is 19.0 Å². The van der Waals surface area contributed by atoms with Crippen LogP contribution >= 0.6 is 10.6 Å². The van der Waals surface area contributed by atoms with Gasteiger partial charge in [0.25, 0.3) is 0 Å². The summed E-state index contributed by atoms with van der Waals surface area (Å²) >= 11 is 0. The maximum Gasteiger partial charge on any atom is 0.250 e. The highest BCUT2D eigenvalue weighted by atomic mass is 32.3. The smallest absolute Gasteiger partial charge is 0.250 e. The van der Waals surface area contributed by atoms with Gasteiger partial charge in [0.15, 0.2) is 0 Å². The Labute approximate surface area is 170 Å². The van der Waals surface area contributed by atoms with E-state index >= 15 is 0 Å². The second-order valence-corrected chi connectivity index (χ2v) is 9.34. The molecule has 1 aromatic heterocycles. The van der Waals surface area contributed by atoms with Crippen molar-refractivity contribution in [3.05, 3.63) is 59.7 Å². The first kappa shape index (κ1) is 19.7. The summed E-state index contributed by atoms with van der Waals surface area (Å²) in [5, 5.41) is 12.7. The minimum atomic E-state index is -2.87. The zero-order valence-corrected chi connectivity index (χ0v) is 16.8. The van der Waals surface area contributed by atoms with Crippen LogP contribution < -0.4 is 10.2 Å². The number of benzene rings is 2. The first-order valence-electron chi connectivity index (χ1n) is 9.28. The molecule has 4 N–H and O–H groups in total. The van der Waals surface area contributed by atoms with Crippen LogP contribution in [0.4, 0.5) is 11.5 Å². The topological polar surface area (TPSA) is 106 Å². The number of hydrogen-bond donors (Lipinski definition) is 4. The van der Waals surface area contributed by atoms with Gasteiger partial charge in [-0.1, -0.05) is 29.8 Å². The van der Waals surface area contributed by atoms with Gasteiger partial charge in [-0.15, -0.1) is 0 Å². The number of amides is 1. The number of pyridine rings is 1. The monoisotopic (exact) mass is 413 g/mol. The number of hydrogen-bond acceptors (Lipinski definition) is 6. The Balaban J connectivity index is 1.80. The van der Waals surface area contributed by atoms with Gasteiger partial charge in [-0.3, -0.25) is 13.9 Å². The van der Waals surface area contributed by atoms with E-state index in [2.05, 4.69) is 5.32 Å². The third-order valence-corrected chi connectivity index (χ3v) is 6.88. The zero-order valence-electron chi connectivity index (χ0n) is 16.0. The number of carbonyl (C=O) groups excluding carboxylic acids is 1. The van der Waals surface area contributed by atoms with Crippen molar-refractivity contribution >= 4 is 38.9 Å². The predicted octanol–water partition coefficient (Wildman–Crippen LogP) is 3.60. The second-order valence-electron chi connectivity index (χ2n) is 7.16. The largest absolute Gasteiger partial charge is 0.387 e. The van der Waals surface area contributed by atoms with Crippen LogP contribution in [0, 0.1) is 6.92 Å². The molecule has 0 radical (unpaired) electrons. The van der Waals surface area contributed by atoms with Crippen LogP contribution in [0.25, 0.3) is 10.9 Å². The minimum absolute atomic E-state index is 0.204. The van der Waals surface area contributed by atoms with Crippen LogP contribution in [-0.2, 0) is 11.3 Å². The molecule has 0 aliphatic carbocycles. The Morgan fingerprint density at radius 3 is 2.79 bits per heavy atom. The number of rotatable bonds is 3. The third-order valence-electron chi connectivity index (χ3n) is 5.02. The molecule has 1 amide bonds. The molecule has 4 rings (SSSR count). The Kier molecular flexibility index (Phi) is 5.18. The van der Waals surface area contributed by atoms with Gasteiger partial charge < -0.3 is 15.3 Å². The average molecular weight is 413 g/mol. The highest BCUT2D eigenvalue weighted by molar-refractivity contribution is 8.24. The lowest BCUT2D eigenvalue weighted by Crippen LogP contribution is -2.26. The summed E-state index contributed by atoms with van der Waals surface area (Å²) in [7, 11) is -2.87. The molecule has 152 valence electrons. The number of nitrogens with zero attached hydrogens (tertiary/aromatic N) is 2. The van der Waals surface area contributed by atoms with Crippen LogP contribution in [0.3, 0.4) is 0 Å². The van der Waals surface area contributed by atoms with Gasteiger partial charge in [-0.25, -0.2) is 4.98 Å². The molecule has 2 heterocycles. The molecule has 1 aliphatic heterocycles. The summed E-state index contributed by atoms with van der Waals surface area (Å²) in [6.07, 6.45) is 0. The van der Waals surface area contributed by atoms with Crippen LogP contribution in [-0.4, -0.2) is 44.0 Å². The summed E-state index contributed by atoms with van der Waals surface area (Å²) in [4.78, 5) is 19.2. The fraction of sp³-hybridized carbons (Fsp3) is 0.238. The zero-order chi connectivity index (χ0) is 20.6. The third kappa shape index (κ3) is 3.92. The van der Waals surface area contributed by atoms with Crippen molar-refractivity contribution in [3.63, 3.8) is 0 Å². The minimum Gasteiger partial charge on any atom is -0.387 e. The Morgan fingerprint density at radius 1 is 1.21 bits per heavy atom. The molecular weight excluding hydrogens is 390 g/mol. The quantitative estimate of drug-likeness (QED) is 0.523. The number of fused-ring (bicyclic) bond motifs is 2. The van der Waals surface area contributed by atoms with Crippen LogP contribution in [0.15, 0.2) is 53.4 Å². The molecule has 29 heavy (non-hydrogen) atoms. The van der Waals surface area contributed by atoms with Gasteiger partial charge in [0, 0.05) is 24.5 Å². The summed E-state index contributed by atoms with van der Waals surface area (Å²) in [6.45, 7) is 2.24. The van der Waals surface area contributed by atoms with Crippen molar-refractivity contribution in [2.75, 3.05) is 29.1 Å². The van der Waals surface area contributed by atoms with E-state index < -0.39 is 23.1 Å². The molecule has 0 saturated carbocycles.